The van der Waals surface area contributed by atoms with Crippen LogP contribution in [0.1, 0.15) is 54.7 Å². The number of carbonyl (C=O) groups excluding carboxylic acids is 3. The summed E-state index contributed by atoms with van der Waals surface area (Å²) < 4.78 is 16.0. The number of pyridine rings is 1. The minimum Gasteiger partial charge on any atom is -0.364 e. The maximum atomic E-state index is 16.0. The summed E-state index contributed by atoms with van der Waals surface area (Å²) in [5.74, 6) is -2.88. The Morgan fingerprint density at radius 3 is 2.59 bits per heavy atom. The standard InChI is InChI=1S/C30H28Cl2FN5O3/c1-29(2,3)12-22-30(18-9-7-15(31)11-21(18)36-28(30)41)23(17-5-4-6-19(32)24(17)33)25-27(40)37(14-38(22)25)16-8-10-20(26(34)39)35-13-16/h4-11,13,22-23,25H,12,14H2,1-3H3,(H2,34,39)(H,36,41)/t22-,23-,25+,30+/m0/s1. The Bertz CT molecular complexity index is 1610. The average molecular weight is 596 g/mol. The number of carbonyl (C=O) groups is 3. The highest BCUT2D eigenvalue weighted by atomic mass is 35.5. The van der Waals surface area contributed by atoms with Crippen LogP contribution >= 0.6 is 23.2 Å². The van der Waals surface area contributed by atoms with Crippen molar-refractivity contribution >= 4 is 52.3 Å². The molecule has 2 saturated heterocycles. The lowest BCUT2D eigenvalue weighted by molar-refractivity contribution is -0.122. The molecule has 0 bridgehead atoms. The lowest BCUT2D eigenvalue weighted by Crippen LogP contribution is -2.52. The summed E-state index contributed by atoms with van der Waals surface area (Å²) in [7, 11) is 0. The first-order chi connectivity index (χ1) is 19.3. The molecular formula is C30H28Cl2FN5O3. The monoisotopic (exact) mass is 595 g/mol. The largest absolute Gasteiger partial charge is 0.364 e. The van der Waals surface area contributed by atoms with Crippen molar-refractivity contribution in [1.29, 1.82) is 0 Å². The number of anilines is 2. The molecule has 0 saturated carbocycles. The third-order valence-electron chi connectivity index (χ3n) is 8.40. The highest BCUT2D eigenvalue weighted by Crippen LogP contribution is 2.61. The van der Waals surface area contributed by atoms with Crippen LogP contribution < -0.4 is 16.0 Å². The second-order valence-corrected chi connectivity index (χ2v) is 12.9. The zero-order valence-electron chi connectivity index (χ0n) is 22.6. The summed E-state index contributed by atoms with van der Waals surface area (Å²) in [6.45, 7) is 6.35. The molecule has 4 heterocycles. The second-order valence-electron chi connectivity index (χ2n) is 12.0. The molecule has 0 unspecified atom stereocenters. The van der Waals surface area contributed by atoms with Gasteiger partial charge in [0.1, 0.15) is 16.9 Å². The molecule has 2 fully saturated rings. The summed E-state index contributed by atoms with van der Waals surface area (Å²) in [5, 5.41) is 3.36. The number of hydrogen-bond acceptors (Lipinski definition) is 5. The number of hydrogen-bond donors (Lipinski definition) is 2. The Balaban J connectivity index is 1.59. The van der Waals surface area contributed by atoms with E-state index in [1.54, 1.807) is 41.3 Å². The van der Waals surface area contributed by atoms with Gasteiger partial charge in [-0.05, 0) is 53.3 Å². The van der Waals surface area contributed by atoms with Crippen LogP contribution in [0.3, 0.4) is 0 Å². The van der Waals surface area contributed by atoms with Crippen LogP contribution in [0, 0.1) is 11.2 Å². The van der Waals surface area contributed by atoms with Crippen molar-refractivity contribution in [3.8, 4) is 0 Å². The third-order valence-corrected chi connectivity index (χ3v) is 8.93. The fourth-order valence-electron chi connectivity index (χ4n) is 6.87. The molecule has 3 aliphatic heterocycles. The number of primary amides is 1. The van der Waals surface area contributed by atoms with Gasteiger partial charge < -0.3 is 11.1 Å². The van der Waals surface area contributed by atoms with E-state index in [0.29, 0.717) is 28.4 Å². The zero-order chi connectivity index (χ0) is 29.4. The molecule has 1 spiro atoms. The first-order valence-electron chi connectivity index (χ1n) is 13.2. The van der Waals surface area contributed by atoms with Gasteiger partial charge in [0.2, 0.25) is 11.8 Å². The second kappa shape index (κ2) is 9.51. The van der Waals surface area contributed by atoms with E-state index in [1.807, 2.05) is 4.90 Å². The number of rotatable bonds is 4. The van der Waals surface area contributed by atoms with Crippen LogP contribution in [0.5, 0.6) is 0 Å². The molecule has 3 aliphatic rings. The highest BCUT2D eigenvalue weighted by Gasteiger charge is 2.71. The van der Waals surface area contributed by atoms with E-state index in [9.17, 15) is 14.4 Å². The third kappa shape index (κ3) is 4.13. The topological polar surface area (TPSA) is 109 Å². The summed E-state index contributed by atoms with van der Waals surface area (Å²) in [6, 6.07) is 11.6. The summed E-state index contributed by atoms with van der Waals surface area (Å²) in [4.78, 5) is 47.9. The van der Waals surface area contributed by atoms with Gasteiger partial charge in [0, 0.05) is 22.7 Å². The molecule has 11 heteroatoms. The van der Waals surface area contributed by atoms with Gasteiger partial charge in [-0.25, -0.2) is 9.37 Å². The molecule has 2 aromatic carbocycles. The first-order valence-corrected chi connectivity index (χ1v) is 14.0. The normalized spacial score (nSPS) is 25.5. The predicted molar refractivity (Wildman–Crippen MR) is 155 cm³/mol. The number of nitrogens with two attached hydrogens (primary N) is 1. The summed E-state index contributed by atoms with van der Waals surface area (Å²) >= 11 is 12.6. The van der Waals surface area contributed by atoms with Gasteiger partial charge in [-0.15, -0.1) is 0 Å². The van der Waals surface area contributed by atoms with Crippen molar-refractivity contribution in [3.63, 3.8) is 0 Å². The Morgan fingerprint density at radius 1 is 1.17 bits per heavy atom. The van der Waals surface area contributed by atoms with E-state index in [2.05, 4.69) is 31.1 Å². The molecule has 212 valence electrons. The van der Waals surface area contributed by atoms with Crippen molar-refractivity contribution in [1.82, 2.24) is 9.88 Å². The fourth-order valence-corrected chi connectivity index (χ4v) is 7.22. The first kappa shape index (κ1) is 27.6. The van der Waals surface area contributed by atoms with Gasteiger partial charge in [0.05, 0.1) is 29.6 Å². The zero-order valence-corrected chi connectivity index (χ0v) is 24.1. The smallest absolute Gasteiger partial charge is 0.267 e. The molecule has 3 amide bonds. The van der Waals surface area contributed by atoms with Crippen LogP contribution in [-0.2, 0) is 15.0 Å². The molecule has 0 radical (unpaired) electrons. The molecular weight excluding hydrogens is 568 g/mol. The SMILES string of the molecule is CC(C)(C)C[C@@H]1N2CN(c3ccc(C(N)=O)nc3)C(=O)[C@H]2[C@H](c2cccc(Cl)c2F)[C@]12C(=O)Nc1cc(Cl)ccc12. The van der Waals surface area contributed by atoms with Gasteiger partial charge in [0.25, 0.3) is 5.91 Å². The van der Waals surface area contributed by atoms with Crippen molar-refractivity contribution < 1.29 is 18.8 Å². The molecule has 3 aromatic rings. The van der Waals surface area contributed by atoms with Crippen molar-refractivity contribution in [2.45, 2.75) is 50.6 Å². The molecule has 41 heavy (non-hydrogen) atoms. The van der Waals surface area contributed by atoms with E-state index in [1.165, 1.54) is 18.3 Å². The van der Waals surface area contributed by atoms with E-state index < -0.39 is 35.1 Å². The molecule has 1 aromatic heterocycles. The van der Waals surface area contributed by atoms with E-state index >= 15 is 4.39 Å². The summed E-state index contributed by atoms with van der Waals surface area (Å²) in [5.41, 5.74) is 5.73. The van der Waals surface area contributed by atoms with E-state index in [0.717, 1.165) is 0 Å². The van der Waals surface area contributed by atoms with Gasteiger partial charge >= 0.3 is 0 Å². The van der Waals surface area contributed by atoms with Gasteiger partial charge in [0.15, 0.2) is 0 Å². The molecule has 8 nitrogen and oxygen atoms in total. The molecule has 0 aliphatic carbocycles. The maximum absolute atomic E-state index is 16.0. The number of amides is 3. The minimum atomic E-state index is -1.31. The van der Waals surface area contributed by atoms with E-state index in [4.69, 9.17) is 28.9 Å². The number of benzene rings is 2. The fraction of sp³-hybridized carbons (Fsp3) is 0.333. The molecule has 6 rings (SSSR count). The highest BCUT2D eigenvalue weighted by molar-refractivity contribution is 6.31. The van der Waals surface area contributed by atoms with Crippen LogP contribution in [0.2, 0.25) is 10.0 Å². The number of nitrogens with zero attached hydrogens (tertiary/aromatic N) is 3. The van der Waals surface area contributed by atoms with E-state index in [-0.39, 0.29) is 40.2 Å². The number of fused-ring (bicyclic) bond motifs is 3. The number of nitrogens with one attached hydrogen (secondary N) is 1. The van der Waals surface area contributed by atoms with Crippen LogP contribution in [0.25, 0.3) is 0 Å². The summed E-state index contributed by atoms with van der Waals surface area (Å²) in [6.07, 6.45) is 1.95. The van der Waals surface area contributed by atoms with Crippen LogP contribution in [0.4, 0.5) is 15.8 Å². The molecule has 3 N–H and O–H groups in total. The average Bonchev–Trinajstić information content (AvgIpc) is 3.48. The van der Waals surface area contributed by atoms with Gasteiger partial charge in [-0.3, -0.25) is 24.2 Å². The predicted octanol–water partition coefficient (Wildman–Crippen LogP) is 5.09. The molecule has 4 atom stereocenters. The lowest BCUT2D eigenvalue weighted by atomic mass is 9.62. The maximum Gasteiger partial charge on any atom is 0.267 e. The van der Waals surface area contributed by atoms with Crippen molar-refractivity contribution in [2.75, 3.05) is 16.9 Å². The van der Waals surface area contributed by atoms with Gasteiger partial charge in [-0.2, -0.15) is 0 Å². The Morgan fingerprint density at radius 2 is 1.93 bits per heavy atom. The Kier molecular flexibility index (Phi) is 6.41. The number of aromatic nitrogens is 1. The quantitative estimate of drug-likeness (QED) is 0.436. The van der Waals surface area contributed by atoms with Crippen LogP contribution in [-0.4, -0.2) is 46.4 Å². The van der Waals surface area contributed by atoms with Gasteiger partial charge in [-0.1, -0.05) is 62.2 Å². The Hall–Kier alpha value is -3.53. The van der Waals surface area contributed by atoms with Crippen molar-refractivity contribution in [2.24, 2.45) is 11.1 Å². The lowest BCUT2D eigenvalue weighted by Gasteiger charge is -2.40. The Labute approximate surface area is 246 Å². The number of halogens is 3. The van der Waals surface area contributed by atoms with Crippen molar-refractivity contribution in [3.05, 3.63) is 87.4 Å². The minimum absolute atomic E-state index is 0.0715. The van der Waals surface area contributed by atoms with Crippen LogP contribution in [0.15, 0.2) is 54.7 Å².